The first-order valence-electron chi connectivity index (χ1n) is 11.5. The van der Waals surface area contributed by atoms with Crippen molar-refractivity contribution in [3.05, 3.63) is 34.0 Å². The van der Waals surface area contributed by atoms with Crippen molar-refractivity contribution in [1.82, 2.24) is 19.6 Å². The summed E-state index contributed by atoms with van der Waals surface area (Å²) < 4.78 is 40.6. The molecule has 2 saturated heterocycles. The number of fused-ring (bicyclic) bond motifs is 1. The molecule has 0 bridgehead atoms. The summed E-state index contributed by atoms with van der Waals surface area (Å²) in [6, 6.07) is 2.03. The highest BCUT2D eigenvalue weighted by molar-refractivity contribution is 7.16. The minimum absolute atomic E-state index is 0.224. The molecule has 5 rings (SSSR count). The third kappa shape index (κ3) is 4.16. The van der Waals surface area contributed by atoms with E-state index in [0.29, 0.717) is 23.5 Å². The smallest absolute Gasteiger partial charge is 0.357 e. The zero-order valence-corrected chi connectivity index (χ0v) is 20.4. The van der Waals surface area contributed by atoms with E-state index in [2.05, 4.69) is 46.0 Å². The van der Waals surface area contributed by atoms with Gasteiger partial charge in [0.25, 0.3) is 0 Å². The number of anilines is 1. The third-order valence-electron chi connectivity index (χ3n) is 7.30. The van der Waals surface area contributed by atoms with E-state index in [0.717, 1.165) is 49.0 Å². The normalized spacial score (nSPS) is 21.2. The minimum atomic E-state index is -4.20. The Labute approximate surface area is 196 Å². The van der Waals surface area contributed by atoms with E-state index in [1.165, 1.54) is 22.6 Å². The Morgan fingerprint density at radius 2 is 2.00 bits per heavy atom. The number of aryl methyl sites for hydroxylation is 1. The molecule has 1 unspecified atom stereocenters. The molecule has 5 heterocycles. The van der Waals surface area contributed by atoms with Crippen LogP contribution >= 0.6 is 11.3 Å². The van der Waals surface area contributed by atoms with E-state index >= 15 is 0 Å². The van der Waals surface area contributed by atoms with Crippen molar-refractivity contribution in [2.24, 2.45) is 23.4 Å². The lowest BCUT2D eigenvalue weighted by Crippen LogP contribution is -2.59. The van der Waals surface area contributed by atoms with E-state index in [9.17, 15) is 13.2 Å². The van der Waals surface area contributed by atoms with Gasteiger partial charge >= 0.3 is 6.18 Å². The Hall–Kier alpha value is -2.07. The summed E-state index contributed by atoms with van der Waals surface area (Å²) in [5.41, 5.74) is 3.57. The molecular formula is C23H31F3N6S. The number of likely N-dealkylation sites (tertiary alicyclic amines) is 2. The number of nitrogens with zero attached hydrogens (tertiary/aromatic N) is 5. The summed E-state index contributed by atoms with van der Waals surface area (Å²) in [6.45, 7) is 10.9. The van der Waals surface area contributed by atoms with Gasteiger partial charge in [-0.25, -0.2) is 4.99 Å². The van der Waals surface area contributed by atoms with Crippen LogP contribution in [0.1, 0.15) is 48.0 Å². The predicted octanol–water partition coefficient (Wildman–Crippen LogP) is 4.43. The van der Waals surface area contributed by atoms with Crippen LogP contribution in [-0.4, -0.2) is 64.4 Å². The van der Waals surface area contributed by atoms with Crippen LogP contribution in [0.3, 0.4) is 0 Å². The van der Waals surface area contributed by atoms with Crippen molar-refractivity contribution in [2.45, 2.75) is 45.8 Å². The predicted molar refractivity (Wildman–Crippen MR) is 125 cm³/mol. The molecule has 1 N–H and O–H groups in total. The molecule has 2 aromatic rings. The molecule has 0 amide bonds. The van der Waals surface area contributed by atoms with Crippen LogP contribution in [-0.2, 0) is 13.5 Å². The molecular weight excluding hydrogens is 449 g/mol. The first-order chi connectivity index (χ1) is 15.6. The molecule has 3 aliphatic rings. The van der Waals surface area contributed by atoms with E-state index in [4.69, 9.17) is 0 Å². The van der Waals surface area contributed by atoms with Gasteiger partial charge in [-0.15, -0.1) is 11.3 Å². The zero-order valence-electron chi connectivity index (χ0n) is 19.5. The Morgan fingerprint density at radius 1 is 1.24 bits per heavy atom. The summed E-state index contributed by atoms with van der Waals surface area (Å²) in [5, 5.41) is 8.42. The monoisotopic (exact) mass is 480 g/mol. The van der Waals surface area contributed by atoms with Crippen LogP contribution < -0.4 is 5.32 Å². The number of halogens is 3. The topological polar surface area (TPSA) is 48.7 Å². The quantitative estimate of drug-likeness (QED) is 0.704. The van der Waals surface area contributed by atoms with E-state index in [-0.39, 0.29) is 5.41 Å². The Bertz CT molecular complexity index is 1060. The molecule has 2 aromatic heterocycles. The number of nitrogens with one attached hydrogen (secondary N) is 1. The van der Waals surface area contributed by atoms with Gasteiger partial charge in [-0.1, -0.05) is 13.8 Å². The molecule has 1 spiro atoms. The Morgan fingerprint density at radius 3 is 2.64 bits per heavy atom. The highest BCUT2D eigenvalue weighted by atomic mass is 32.1. The summed E-state index contributed by atoms with van der Waals surface area (Å²) in [7, 11) is 1.99. The van der Waals surface area contributed by atoms with Gasteiger partial charge in [0.2, 0.25) is 0 Å². The second-order valence-corrected chi connectivity index (χ2v) is 11.3. The number of aliphatic imine (C=N–C) groups is 1. The van der Waals surface area contributed by atoms with Crippen molar-refractivity contribution in [3.63, 3.8) is 0 Å². The second kappa shape index (κ2) is 8.01. The van der Waals surface area contributed by atoms with Crippen LogP contribution in [0.15, 0.2) is 17.3 Å². The van der Waals surface area contributed by atoms with Gasteiger partial charge in [0.05, 0.1) is 18.2 Å². The van der Waals surface area contributed by atoms with Crippen molar-refractivity contribution in [2.75, 3.05) is 38.2 Å². The summed E-state index contributed by atoms with van der Waals surface area (Å²) in [4.78, 5) is 9.86. The minimum Gasteiger partial charge on any atom is -0.357 e. The van der Waals surface area contributed by atoms with Crippen LogP contribution in [0.25, 0.3) is 0 Å². The standard InChI is InChI=1S/C23H31F3N6S/c1-14(2)19(18-9-29-30(4)15(18)3)32-11-22(12-32)5-6-31(10-22)20-17-7-16(8-23(24,25)26)33-21(17)28-13-27-20/h7,9,14,19,28H,5-6,8,10-13H2,1-4H3. The van der Waals surface area contributed by atoms with Crippen LogP contribution in [0.4, 0.5) is 18.2 Å². The lowest BCUT2D eigenvalue weighted by Gasteiger charge is -2.52. The molecule has 33 heavy (non-hydrogen) atoms. The van der Waals surface area contributed by atoms with Crippen molar-refractivity contribution >= 4 is 22.2 Å². The van der Waals surface area contributed by atoms with E-state index in [1.807, 2.05) is 17.9 Å². The Balaban J connectivity index is 1.29. The van der Waals surface area contributed by atoms with Crippen LogP contribution in [0, 0.1) is 18.3 Å². The molecule has 3 aliphatic heterocycles. The average Bonchev–Trinajstić information content (AvgIpc) is 3.39. The maximum atomic E-state index is 12.9. The Kier molecular flexibility index (Phi) is 5.51. The van der Waals surface area contributed by atoms with Gasteiger partial charge in [0.15, 0.2) is 0 Å². The third-order valence-corrected chi connectivity index (χ3v) is 8.39. The average molecular weight is 481 g/mol. The van der Waals surface area contributed by atoms with Gasteiger partial charge in [-0.3, -0.25) is 9.58 Å². The van der Waals surface area contributed by atoms with Crippen LogP contribution in [0.2, 0.25) is 0 Å². The van der Waals surface area contributed by atoms with E-state index in [1.54, 1.807) is 6.07 Å². The van der Waals surface area contributed by atoms with Crippen molar-refractivity contribution < 1.29 is 13.2 Å². The number of rotatable bonds is 4. The lowest BCUT2D eigenvalue weighted by molar-refractivity contribution is -0.126. The maximum Gasteiger partial charge on any atom is 0.393 e. The largest absolute Gasteiger partial charge is 0.393 e. The number of aromatic nitrogens is 2. The molecule has 6 nitrogen and oxygen atoms in total. The number of hydrogen-bond donors (Lipinski definition) is 1. The van der Waals surface area contributed by atoms with E-state index < -0.39 is 12.6 Å². The van der Waals surface area contributed by atoms with Crippen molar-refractivity contribution in [1.29, 1.82) is 0 Å². The summed E-state index contributed by atoms with van der Waals surface area (Å²) >= 11 is 1.20. The summed E-state index contributed by atoms with van der Waals surface area (Å²) in [5.74, 6) is 1.34. The number of hydrogen-bond acceptors (Lipinski definition) is 6. The fraction of sp³-hybridized carbons (Fsp3) is 0.652. The molecule has 0 radical (unpaired) electrons. The fourth-order valence-electron chi connectivity index (χ4n) is 5.74. The van der Waals surface area contributed by atoms with Gasteiger partial charge in [-0.2, -0.15) is 18.3 Å². The molecule has 10 heteroatoms. The van der Waals surface area contributed by atoms with Crippen LogP contribution in [0.5, 0.6) is 0 Å². The van der Waals surface area contributed by atoms with Gasteiger partial charge in [-0.05, 0) is 25.3 Å². The molecule has 1 atom stereocenters. The van der Waals surface area contributed by atoms with Gasteiger partial charge < -0.3 is 10.2 Å². The first kappa shape index (κ1) is 22.7. The first-order valence-corrected chi connectivity index (χ1v) is 12.3. The molecule has 0 aromatic carbocycles. The number of amidine groups is 1. The fourth-order valence-corrected chi connectivity index (χ4v) is 6.81. The molecule has 0 saturated carbocycles. The highest BCUT2D eigenvalue weighted by Gasteiger charge is 2.51. The SMILES string of the molecule is Cc1c(C(C(C)C)N2CC3(CCN(C4=NCNc5sc(CC(F)(F)F)cc54)C3)C2)cnn1C. The summed E-state index contributed by atoms with van der Waals surface area (Å²) in [6.07, 6.45) is -1.99. The second-order valence-electron chi connectivity index (χ2n) is 10.1. The zero-order chi connectivity index (χ0) is 23.5. The number of thiophene rings is 1. The van der Waals surface area contributed by atoms with Crippen molar-refractivity contribution in [3.8, 4) is 0 Å². The highest BCUT2D eigenvalue weighted by Crippen LogP contribution is 2.47. The number of alkyl halides is 3. The maximum absolute atomic E-state index is 12.9. The lowest BCUT2D eigenvalue weighted by atomic mass is 9.76. The van der Waals surface area contributed by atoms with Gasteiger partial charge in [0, 0.05) is 60.8 Å². The molecule has 180 valence electrons. The molecule has 0 aliphatic carbocycles. The van der Waals surface area contributed by atoms with Gasteiger partial charge in [0.1, 0.15) is 17.5 Å². The molecule has 2 fully saturated rings.